The van der Waals surface area contributed by atoms with Crippen molar-refractivity contribution < 1.29 is 5.26 Å². The van der Waals surface area contributed by atoms with Crippen LogP contribution in [0.5, 0.6) is 0 Å². The molecule has 0 bridgehead atoms. The van der Waals surface area contributed by atoms with Crippen LogP contribution in [0.1, 0.15) is 19.3 Å². The molecule has 0 saturated carbocycles. The molecule has 1 saturated heterocycles. The SMILES string of the molecule is N#CCCN1CCCN(CCC#[NH+])C1. The summed E-state index contributed by atoms with van der Waals surface area (Å²) in [6, 6.07) is 4.58. The number of nitrogens with one attached hydrogen (secondary N) is 1. The molecule has 0 unspecified atom stereocenters. The van der Waals surface area contributed by atoms with Crippen LogP contribution in [0.4, 0.5) is 0 Å². The zero-order valence-corrected chi connectivity index (χ0v) is 8.50. The van der Waals surface area contributed by atoms with Gasteiger partial charge in [-0.1, -0.05) is 0 Å². The zero-order chi connectivity index (χ0) is 10.2. The molecule has 0 aromatic carbocycles. The van der Waals surface area contributed by atoms with E-state index in [0.717, 1.165) is 32.8 Å². The second-order valence-corrected chi connectivity index (χ2v) is 3.57. The van der Waals surface area contributed by atoms with E-state index in [9.17, 15) is 0 Å². The van der Waals surface area contributed by atoms with Crippen LogP contribution in [-0.2, 0) is 0 Å². The van der Waals surface area contributed by atoms with Crippen LogP contribution in [0.2, 0.25) is 0 Å². The summed E-state index contributed by atoms with van der Waals surface area (Å²) in [5.41, 5.74) is 0. The Morgan fingerprint density at radius 3 is 2.36 bits per heavy atom. The number of rotatable bonds is 4. The van der Waals surface area contributed by atoms with Gasteiger partial charge in [0.05, 0.1) is 19.2 Å². The molecule has 0 aromatic heterocycles. The van der Waals surface area contributed by atoms with Gasteiger partial charge in [0.1, 0.15) is 0 Å². The van der Waals surface area contributed by atoms with Crippen LogP contribution >= 0.6 is 0 Å². The van der Waals surface area contributed by atoms with Gasteiger partial charge in [-0.2, -0.15) is 5.26 Å². The van der Waals surface area contributed by atoms with E-state index in [2.05, 4.69) is 21.9 Å². The Bertz CT molecular complexity index is 213. The summed E-state index contributed by atoms with van der Waals surface area (Å²) in [6.45, 7) is 4.97. The summed E-state index contributed by atoms with van der Waals surface area (Å²) in [4.78, 5) is 4.62. The maximum Gasteiger partial charge on any atom is 0.271 e. The van der Waals surface area contributed by atoms with Gasteiger partial charge in [0.15, 0.2) is 0 Å². The monoisotopic (exact) mass is 193 g/mol. The first-order valence-electron chi connectivity index (χ1n) is 5.08. The largest absolute Gasteiger partial charge is 0.289 e. The van der Waals surface area contributed by atoms with Crippen LogP contribution in [0.25, 0.3) is 0 Å². The van der Waals surface area contributed by atoms with Crippen LogP contribution in [0, 0.1) is 17.4 Å². The molecule has 0 aromatic rings. The molecular weight excluding hydrogens is 176 g/mol. The van der Waals surface area contributed by atoms with Gasteiger partial charge >= 0.3 is 0 Å². The third-order valence-electron chi connectivity index (χ3n) is 2.44. The van der Waals surface area contributed by atoms with Crippen molar-refractivity contribution in [1.82, 2.24) is 9.80 Å². The Morgan fingerprint density at radius 1 is 1.14 bits per heavy atom. The molecular formula is C10H17N4+. The Kier molecular flexibility index (Phi) is 4.99. The predicted molar refractivity (Wildman–Crippen MR) is 52.3 cm³/mol. The third-order valence-corrected chi connectivity index (χ3v) is 2.44. The normalized spacial score (nSPS) is 18.7. The fourth-order valence-corrected chi connectivity index (χ4v) is 1.73. The molecule has 0 spiro atoms. The summed E-state index contributed by atoms with van der Waals surface area (Å²) in [7, 11) is 0. The van der Waals surface area contributed by atoms with Crippen molar-refractivity contribution >= 4 is 0 Å². The van der Waals surface area contributed by atoms with Gasteiger partial charge in [-0.3, -0.25) is 9.80 Å². The summed E-state index contributed by atoms with van der Waals surface area (Å²) in [6.07, 6.45) is 2.50. The average molecular weight is 193 g/mol. The highest BCUT2D eigenvalue weighted by atomic mass is 15.3. The number of hydrogen-bond donors (Lipinski definition) is 1. The quantitative estimate of drug-likeness (QED) is 0.625. The van der Waals surface area contributed by atoms with Crippen molar-refractivity contribution in [3.05, 3.63) is 0 Å². The maximum atomic E-state index is 8.48. The van der Waals surface area contributed by atoms with E-state index in [-0.39, 0.29) is 0 Å². The standard InChI is InChI=1S/C10H16N4/c11-4-1-6-13-8-3-9-14(10-13)7-2-5-12/h1-3,6-10H2/p+1. The first-order valence-corrected chi connectivity index (χ1v) is 5.08. The van der Waals surface area contributed by atoms with Gasteiger partial charge in [-0.15, -0.1) is 5.26 Å². The summed E-state index contributed by atoms with van der Waals surface area (Å²) >= 11 is 0. The van der Waals surface area contributed by atoms with Gasteiger partial charge in [0, 0.05) is 32.6 Å². The van der Waals surface area contributed by atoms with Gasteiger partial charge in [-0.05, 0) is 6.42 Å². The summed E-state index contributed by atoms with van der Waals surface area (Å²) in [5, 5.41) is 15.3. The lowest BCUT2D eigenvalue weighted by Crippen LogP contribution is -2.45. The molecule has 4 heteroatoms. The third kappa shape index (κ3) is 3.74. The molecule has 0 atom stereocenters. The van der Waals surface area contributed by atoms with Crippen molar-refractivity contribution in [3.8, 4) is 12.1 Å². The molecule has 0 amide bonds. The fourth-order valence-electron chi connectivity index (χ4n) is 1.73. The van der Waals surface area contributed by atoms with Crippen molar-refractivity contribution in [2.75, 3.05) is 32.8 Å². The van der Waals surface area contributed by atoms with Crippen molar-refractivity contribution in [1.29, 1.82) is 5.26 Å². The van der Waals surface area contributed by atoms with Crippen LogP contribution in [0.3, 0.4) is 0 Å². The smallest absolute Gasteiger partial charge is 0.271 e. The molecule has 14 heavy (non-hydrogen) atoms. The van der Waals surface area contributed by atoms with Gasteiger partial charge in [-0.25, -0.2) is 0 Å². The maximum absolute atomic E-state index is 8.48. The summed E-state index contributed by atoms with van der Waals surface area (Å²) in [5.74, 6) is 0. The molecule has 1 rings (SSSR count). The second-order valence-electron chi connectivity index (χ2n) is 3.57. The molecule has 1 aliphatic heterocycles. The Balaban J connectivity index is 2.22. The zero-order valence-electron chi connectivity index (χ0n) is 8.50. The Morgan fingerprint density at radius 2 is 1.79 bits per heavy atom. The minimum absolute atomic E-state index is 0.616. The van der Waals surface area contributed by atoms with E-state index in [4.69, 9.17) is 10.5 Å². The molecule has 1 heterocycles. The lowest BCUT2D eigenvalue weighted by molar-refractivity contribution is -0.0953. The van der Waals surface area contributed by atoms with Crippen LogP contribution in [-0.4, -0.2) is 42.6 Å². The van der Waals surface area contributed by atoms with E-state index in [1.54, 1.807) is 0 Å². The lowest BCUT2D eigenvalue weighted by atomic mass is 10.2. The van der Waals surface area contributed by atoms with E-state index >= 15 is 0 Å². The number of nitriles is 1. The van der Waals surface area contributed by atoms with Crippen LogP contribution in [0.15, 0.2) is 0 Å². The summed E-state index contributed by atoms with van der Waals surface area (Å²) < 4.78 is 0. The first kappa shape index (κ1) is 11.0. The number of hydrogen-bond acceptors (Lipinski definition) is 3. The molecule has 0 aliphatic carbocycles. The van der Waals surface area contributed by atoms with E-state index < -0.39 is 0 Å². The van der Waals surface area contributed by atoms with Crippen LogP contribution < -0.4 is 5.26 Å². The Hall–Kier alpha value is -1.10. The Labute approximate surface area is 85.3 Å². The van der Waals surface area contributed by atoms with Gasteiger partial charge < -0.3 is 0 Å². The molecule has 1 aliphatic rings. The molecule has 76 valence electrons. The topological polar surface area (TPSA) is 54.1 Å². The minimum atomic E-state index is 0.616. The highest BCUT2D eigenvalue weighted by Crippen LogP contribution is 2.06. The van der Waals surface area contributed by atoms with Gasteiger partial charge in [0.2, 0.25) is 0 Å². The van der Waals surface area contributed by atoms with E-state index in [0.29, 0.717) is 12.8 Å². The second kappa shape index (κ2) is 6.37. The fraction of sp³-hybridized carbons (Fsp3) is 0.800. The highest BCUT2D eigenvalue weighted by molar-refractivity contribution is 4.77. The molecule has 1 fully saturated rings. The predicted octanol–water partition coefficient (Wildman–Crippen LogP) is -0.972. The van der Waals surface area contributed by atoms with E-state index in [1.165, 1.54) is 6.42 Å². The number of nitrogens with zero attached hydrogens (tertiary/aromatic N) is 3. The minimum Gasteiger partial charge on any atom is -0.289 e. The average Bonchev–Trinajstić information content (AvgIpc) is 2.24. The van der Waals surface area contributed by atoms with Crippen molar-refractivity contribution in [2.24, 2.45) is 0 Å². The van der Waals surface area contributed by atoms with Crippen molar-refractivity contribution in [2.45, 2.75) is 19.3 Å². The van der Waals surface area contributed by atoms with Crippen molar-refractivity contribution in [3.63, 3.8) is 0 Å². The molecule has 1 N–H and O–H groups in total. The first-order chi connectivity index (χ1) is 6.86. The molecule has 0 radical (unpaired) electrons. The van der Waals surface area contributed by atoms with Gasteiger partial charge in [0.25, 0.3) is 6.07 Å². The highest BCUT2D eigenvalue weighted by Gasteiger charge is 2.16. The molecule has 4 nitrogen and oxygen atoms in total. The van der Waals surface area contributed by atoms with E-state index in [1.807, 2.05) is 0 Å². The lowest BCUT2D eigenvalue weighted by Gasteiger charge is -2.34.